The topological polar surface area (TPSA) is 47.3 Å². The quantitative estimate of drug-likeness (QED) is 0.552. The molecule has 0 spiro atoms. The molecule has 1 fully saturated rings. The van der Waals surface area contributed by atoms with Gasteiger partial charge in [0.15, 0.2) is 0 Å². The first kappa shape index (κ1) is 8.97. The molecule has 0 aromatic carbocycles. The largest absolute Gasteiger partial charge is 0.381 e. The second-order valence-electron chi connectivity index (χ2n) is 3.08. The van der Waals surface area contributed by atoms with Gasteiger partial charge in [0, 0.05) is 13.2 Å². The summed E-state index contributed by atoms with van der Waals surface area (Å²) in [6, 6.07) is 0. The zero-order valence-electron chi connectivity index (χ0n) is 7.01. The second-order valence-corrected chi connectivity index (χ2v) is 3.08. The van der Waals surface area contributed by atoms with Crippen molar-refractivity contribution in [2.45, 2.75) is 12.8 Å². The summed E-state index contributed by atoms with van der Waals surface area (Å²) in [5, 5.41) is 3.37. The first-order valence-corrected chi connectivity index (χ1v) is 4.42. The fourth-order valence-corrected chi connectivity index (χ4v) is 1.28. The Morgan fingerprint density at radius 1 is 1.55 bits per heavy atom. The summed E-state index contributed by atoms with van der Waals surface area (Å²) in [6.07, 6.45) is 2.29. The molecule has 0 aliphatic carbocycles. The predicted octanol–water partition coefficient (Wildman–Crippen LogP) is -0.0387. The van der Waals surface area contributed by atoms with Crippen LogP contribution in [0.5, 0.6) is 0 Å². The monoisotopic (exact) mass is 158 g/mol. The Labute approximate surface area is 68.3 Å². The van der Waals surface area contributed by atoms with Crippen LogP contribution in [0.2, 0.25) is 0 Å². The van der Waals surface area contributed by atoms with Gasteiger partial charge in [-0.1, -0.05) is 0 Å². The molecule has 0 bridgehead atoms. The molecule has 1 unspecified atom stereocenters. The summed E-state index contributed by atoms with van der Waals surface area (Å²) < 4.78 is 5.25. The number of rotatable bonds is 5. The highest BCUT2D eigenvalue weighted by atomic mass is 16.5. The molecule has 66 valence electrons. The minimum absolute atomic E-state index is 0.743. The molecule has 0 radical (unpaired) electrons. The Kier molecular flexibility index (Phi) is 4.50. The third-order valence-corrected chi connectivity index (χ3v) is 2.01. The SMILES string of the molecule is NCCCNCC1CCOC1. The van der Waals surface area contributed by atoms with Crippen molar-refractivity contribution in [1.82, 2.24) is 5.32 Å². The molecular weight excluding hydrogens is 140 g/mol. The highest BCUT2D eigenvalue weighted by molar-refractivity contribution is 4.66. The van der Waals surface area contributed by atoms with Gasteiger partial charge >= 0.3 is 0 Å². The summed E-state index contributed by atoms with van der Waals surface area (Å²) in [5.74, 6) is 0.743. The van der Waals surface area contributed by atoms with E-state index in [-0.39, 0.29) is 0 Å². The number of nitrogens with two attached hydrogens (primary N) is 1. The molecular formula is C8H18N2O. The van der Waals surface area contributed by atoms with Crippen LogP contribution in [0.15, 0.2) is 0 Å². The Morgan fingerprint density at radius 2 is 2.45 bits per heavy atom. The van der Waals surface area contributed by atoms with Crippen LogP contribution in [0, 0.1) is 5.92 Å². The highest BCUT2D eigenvalue weighted by Crippen LogP contribution is 2.10. The van der Waals surface area contributed by atoms with Crippen LogP contribution in [-0.4, -0.2) is 32.8 Å². The van der Waals surface area contributed by atoms with E-state index in [1.807, 2.05) is 0 Å². The summed E-state index contributed by atoms with van der Waals surface area (Å²) in [4.78, 5) is 0. The minimum Gasteiger partial charge on any atom is -0.381 e. The molecule has 0 saturated carbocycles. The van der Waals surface area contributed by atoms with Crippen molar-refractivity contribution in [2.24, 2.45) is 11.7 Å². The van der Waals surface area contributed by atoms with Crippen LogP contribution in [-0.2, 0) is 4.74 Å². The summed E-state index contributed by atoms with van der Waals surface area (Å²) >= 11 is 0. The van der Waals surface area contributed by atoms with Gasteiger partial charge in [-0.15, -0.1) is 0 Å². The normalized spacial score (nSPS) is 24.3. The molecule has 3 N–H and O–H groups in total. The van der Waals surface area contributed by atoms with E-state index in [0.29, 0.717) is 0 Å². The van der Waals surface area contributed by atoms with E-state index in [2.05, 4.69) is 5.32 Å². The Bertz CT molecular complexity index is 92.1. The average Bonchev–Trinajstić information content (AvgIpc) is 2.50. The number of hydrogen-bond acceptors (Lipinski definition) is 3. The highest BCUT2D eigenvalue weighted by Gasteiger charge is 2.13. The standard InChI is InChI=1S/C8H18N2O/c9-3-1-4-10-6-8-2-5-11-7-8/h8,10H,1-7,9H2. The van der Waals surface area contributed by atoms with E-state index in [9.17, 15) is 0 Å². The summed E-state index contributed by atoms with van der Waals surface area (Å²) in [7, 11) is 0. The zero-order valence-corrected chi connectivity index (χ0v) is 7.01. The Hall–Kier alpha value is -0.120. The molecule has 0 amide bonds. The van der Waals surface area contributed by atoms with Gasteiger partial charge in [0.1, 0.15) is 0 Å². The fourth-order valence-electron chi connectivity index (χ4n) is 1.28. The molecule has 0 aromatic heterocycles. The van der Waals surface area contributed by atoms with Crippen LogP contribution >= 0.6 is 0 Å². The summed E-state index contributed by atoms with van der Waals surface area (Å²) in [6.45, 7) is 4.82. The second kappa shape index (κ2) is 5.52. The first-order chi connectivity index (χ1) is 5.43. The van der Waals surface area contributed by atoms with Gasteiger partial charge in [-0.3, -0.25) is 0 Å². The number of hydrogen-bond donors (Lipinski definition) is 2. The number of nitrogens with one attached hydrogen (secondary N) is 1. The van der Waals surface area contributed by atoms with Crippen LogP contribution in [0.25, 0.3) is 0 Å². The molecule has 1 saturated heterocycles. The molecule has 1 aliphatic heterocycles. The fraction of sp³-hybridized carbons (Fsp3) is 1.00. The van der Waals surface area contributed by atoms with Crippen LogP contribution in [0.3, 0.4) is 0 Å². The van der Waals surface area contributed by atoms with Crippen LogP contribution in [0.4, 0.5) is 0 Å². The van der Waals surface area contributed by atoms with E-state index >= 15 is 0 Å². The smallest absolute Gasteiger partial charge is 0.0507 e. The van der Waals surface area contributed by atoms with Crippen molar-refractivity contribution in [2.75, 3.05) is 32.8 Å². The lowest BCUT2D eigenvalue weighted by Crippen LogP contribution is -2.25. The Morgan fingerprint density at radius 3 is 3.09 bits per heavy atom. The van der Waals surface area contributed by atoms with Gasteiger partial charge < -0.3 is 15.8 Å². The zero-order chi connectivity index (χ0) is 7.94. The van der Waals surface area contributed by atoms with Crippen molar-refractivity contribution in [3.8, 4) is 0 Å². The minimum atomic E-state index is 0.743. The van der Waals surface area contributed by atoms with Gasteiger partial charge in [-0.25, -0.2) is 0 Å². The molecule has 1 rings (SSSR count). The maximum Gasteiger partial charge on any atom is 0.0507 e. The van der Waals surface area contributed by atoms with Gasteiger partial charge in [-0.05, 0) is 31.8 Å². The van der Waals surface area contributed by atoms with Gasteiger partial charge in [-0.2, -0.15) is 0 Å². The molecule has 1 atom stereocenters. The van der Waals surface area contributed by atoms with Gasteiger partial charge in [0.05, 0.1) is 6.61 Å². The molecule has 1 heterocycles. The molecule has 3 nitrogen and oxygen atoms in total. The van der Waals surface area contributed by atoms with E-state index < -0.39 is 0 Å². The van der Waals surface area contributed by atoms with E-state index in [1.165, 1.54) is 6.42 Å². The van der Waals surface area contributed by atoms with E-state index in [4.69, 9.17) is 10.5 Å². The predicted molar refractivity (Wildman–Crippen MR) is 45.5 cm³/mol. The van der Waals surface area contributed by atoms with E-state index in [1.54, 1.807) is 0 Å². The van der Waals surface area contributed by atoms with Crippen molar-refractivity contribution in [3.05, 3.63) is 0 Å². The molecule has 11 heavy (non-hydrogen) atoms. The van der Waals surface area contributed by atoms with Crippen molar-refractivity contribution < 1.29 is 4.74 Å². The molecule has 0 aromatic rings. The lowest BCUT2D eigenvalue weighted by molar-refractivity contribution is 0.185. The van der Waals surface area contributed by atoms with Gasteiger partial charge in [0.2, 0.25) is 0 Å². The van der Waals surface area contributed by atoms with Crippen LogP contribution < -0.4 is 11.1 Å². The lowest BCUT2D eigenvalue weighted by atomic mass is 10.1. The molecule has 3 heteroatoms. The molecule has 1 aliphatic rings. The van der Waals surface area contributed by atoms with E-state index in [0.717, 1.165) is 45.2 Å². The Balaban J connectivity index is 1.86. The van der Waals surface area contributed by atoms with Crippen molar-refractivity contribution >= 4 is 0 Å². The maximum absolute atomic E-state index is 5.36. The lowest BCUT2D eigenvalue weighted by Gasteiger charge is -2.07. The number of ether oxygens (including phenoxy) is 1. The maximum atomic E-state index is 5.36. The van der Waals surface area contributed by atoms with Gasteiger partial charge in [0.25, 0.3) is 0 Å². The first-order valence-electron chi connectivity index (χ1n) is 4.42. The average molecular weight is 158 g/mol. The summed E-state index contributed by atoms with van der Waals surface area (Å²) in [5.41, 5.74) is 5.36. The third-order valence-electron chi connectivity index (χ3n) is 2.01. The van der Waals surface area contributed by atoms with Crippen molar-refractivity contribution in [3.63, 3.8) is 0 Å². The van der Waals surface area contributed by atoms with Crippen molar-refractivity contribution in [1.29, 1.82) is 0 Å². The third kappa shape index (κ3) is 3.70. The van der Waals surface area contributed by atoms with Crippen LogP contribution in [0.1, 0.15) is 12.8 Å².